The van der Waals surface area contributed by atoms with E-state index in [1.807, 2.05) is 0 Å². The lowest BCUT2D eigenvalue weighted by atomic mass is 10.1. The van der Waals surface area contributed by atoms with Crippen molar-refractivity contribution >= 4 is 17.6 Å². The number of nitrogens with one attached hydrogen (secondary N) is 1. The van der Waals surface area contributed by atoms with Crippen LogP contribution in [0.1, 0.15) is 26.5 Å². The van der Waals surface area contributed by atoms with Crippen LogP contribution in [-0.4, -0.2) is 22.1 Å². The van der Waals surface area contributed by atoms with Crippen molar-refractivity contribution in [3.63, 3.8) is 0 Å². The molecule has 1 heterocycles. The third-order valence-corrected chi connectivity index (χ3v) is 2.47. The first-order chi connectivity index (χ1) is 9.00. The van der Waals surface area contributed by atoms with Gasteiger partial charge in [0.15, 0.2) is 0 Å². The Morgan fingerprint density at radius 2 is 2.16 bits per heavy atom. The molecule has 6 nitrogen and oxygen atoms in total. The smallest absolute Gasteiger partial charge is 0.340 e. The molecule has 1 amide bonds. The van der Waals surface area contributed by atoms with Crippen LogP contribution in [0, 0.1) is 12.7 Å². The van der Waals surface area contributed by atoms with Gasteiger partial charge < -0.3 is 14.9 Å². The number of aromatic carboxylic acids is 1. The van der Waals surface area contributed by atoms with Gasteiger partial charge in [0.1, 0.15) is 22.7 Å². The van der Waals surface area contributed by atoms with E-state index in [4.69, 9.17) is 9.63 Å². The van der Waals surface area contributed by atoms with Crippen LogP contribution in [-0.2, 0) is 0 Å². The number of carbonyl (C=O) groups is 2. The van der Waals surface area contributed by atoms with E-state index in [1.165, 1.54) is 25.3 Å². The van der Waals surface area contributed by atoms with Crippen LogP contribution in [0.2, 0.25) is 0 Å². The van der Waals surface area contributed by atoms with Gasteiger partial charge in [0.2, 0.25) is 0 Å². The fourth-order valence-electron chi connectivity index (χ4n) is 1.55. The molecule has 0 saturated heterocycles. The number of aromatic nitrogens is 1. The molecule has 19 heavy (non-hydrogen) atoms. The summed E-state index contributed by atoms with van der Waals surface area (Å²) < 4.78 is 18.1. The monoisotopic (exact) mass is 264 g/mol. The van der Waals surface area contributed by atoms with E-state index in [0.717, 1.165) is 6.07 Å². The van der Waals surface area contributed by atoms with Crippen molar-refractivity contribution in [2.75, 3.05) is 5.32 Å². The summed E-state index contributed by atoms with van der Waals surface area (Å²) in [6.45, 7) is 1.53. The molecular formula is C12H9FN2O4. The molecule has 0 unspecified atom stereocenters. The number of anilines is 1. The third-order valence-electron chi connectivity index (χ3n) is 2.47. The van der Waals surface area contributed by atoms with Crippen molar-refractivity contribution in [1.82, 2.24) is 5.16 Å². The molecular weight excluding hydrogens is 255 g/mol. The minimum absolute atomic E-state index is 0.127. The fourth-order valence-corrected chi connectivity index (χ4v) is 1.55. The average Bonchev–Trinajstić information content (AvgIpc) is 2.75. The summed E-state index contributed by atoms with van der Waals surface area (Å²) in [7, 11) is 0. The number of carboxylic acids is 1. The fraction of sp³-hybridized carbons (Fsp3) is 0.0833. The van der Waals surface area contributed by atoms with Gasteiger partial charge in [-0.3, -0.25) is 4.79 Å². The Morgan fingerprint density at radius 1 is 1.42 bits per heavy atom. The van der Waals surface area contributed by atoms with Gasteiger partial charge >= 0.3 is 5.97 Å². The van der Waals surface area contributed by atoms with Crippen LogP contribution in [0.3, 0.4) is 0 Å². The molecule has 98 valence electrons. The molecule has 7 heteroatoms. The van der Waals surface area contributed by atoms with Crippen LogP contribution in [0.4, 0.5) is 10.1 Å². The van der Waals surface area contributed by atoms with Gasteiger partial charge in [-0.05, 0) is 19.1 Å². The first kappa shape index (κ1) is 12.7. The Hall–Kier alpha value is -2.70. The van der Waals surface area contributed by atoms with Gasteiger partial charge in [-0.2, -0.15) is 0 Å². The maximum atomic E-state index is 13.4. The number of rotatable bonds is 3. The summed E-state index contributed by atoms with van der Waals surface area (Å²) in [6.07, 6.45) is 1.20. The van der Waals surface area contributed by atoms with Crippen LogP contribution in [0.15, 0.2) is 28.9 Å². The molecule has 2 aromatic rings. The number of halogens is 1. The highest BCUT2D eigenvalue weighted by molar-refractivity contribution is 6.08. The number of nitrogens with zero attached hydrogens (tertiary/aromatic N) is 1. The van der Waals surface area contributed by atoms with Crippen LogP contribution in [0.5, 0.6) is 0 Å². The summed E-state index contributed by atoms with van der Waals surface area (Å²) in [5, 5.41) is 14.7. The van der Waals surface area contributed by atoms with E-state index in [9.17, 15) is 14.0 Å². The molecule has 0 atom stereocenters. The molecule has 2 rings (SSSR count). The highest BCUT2D eigenvalue weighted by Crippen LogP contribution is 2.20. The van der Waals surface area contributed by atoms with Crippen molar-refractivity contribution < 1.29 is 23.6 Å². The van der Waals surface area contributed by atoms with Crippen molar-refractivity contribution in [2.24, 2.45) is 0 Å². The van der Waals surface area contributed by atoms with Gasteiger partial charge in [0.05, 0.1) is 11.9 Å². The molecule has 2 N–H and O–H groups in total. The molecule has 1 aromatic heterocycles. The first-order valence-electron chi connectivity index (χ1n) is 5.25. The second-order valence-electron chi connectivity index (χ2n) is 3.72. The molecule has 0 saturated carbocycles. The van der Waals surface area contributed by atoms with E-state index >= 15 is 0 Å². The van der Waals surface area contributed by atoms with E-state index < -0.39 is 23.3 Å². The minimum atomic E-state index is -1.46. The van der Waals surface area contributed by atoms with Crippen molar-refractivity contribution in [2.45, 2.75) is 6.92 Å². The van der Waals surface area contributed by atoms with E-state index in [2.05, 4.69) is 10.5 Å². The Morgan fingerprint density at radius 3 is 2.74 bits per heavy atom. The van der Waals surface area contributed by atoms with E-state index in [1.54, 1.807) is 0 Å². The summed E-state index contributed by atoms with van der Waals surface area (Å²) in [4.78, 5) is 22.8. The molecule has 1 aromatic carbocycles. The lowest BCUT2D eigenvalue weighted by Crippen LogP contribution is -2.16. The number of benzene rings is 1. The van der Waals surface area contributed by atoms with Crippen LogP contribution in [0.25, 0.3) is 0 Å². The Labute approximate surface area is 106 Å². The SMILES string of the molecule is Cc1oncc1C(=O)Nc1cccc(F)c1C(=O)O. The highest BCUT2D eigenvalue weighted by Gasteiger charge is 2.19. The molecule has 0 fully saturated rings. The quantitative estimate of drug-likeness (QED) is 0.885. The number of carbonyl (C=O) groups excluding carboxylic acids is 1. The topological polar surface area (TPSA) is 92.4 Å². The molecule has 0 radical (unpaired) electrons. The standard InChI is InChI=1S/C12H9FN2O4/c1-6-7(5-14-19-6)11(16)15-9-4-2-3-8(13)10(9)12(17)18/h2-5H,1H3,(H,15,16)(H,17,18). The predicted molar refractivity (Wildman–Crippen MR) is 62.6 cm³/mol. The number of carboxylic acid groups (broad SMARTS) is 1. The summed E-state index contributed by atoms with van der Waals surface area (Å²) in [6, 6.07) is 3.61. The Bertz CT molecular complexity index is 651. The predicted octanol–water partition coefficient (Wildman–Crippen LogP) is 2.07. The Balaban J connectivity index is 2.35. The van der Waals surface area contributed by atoms with Crippen molar-refractivity contribution in [1.29, 1.82) is 0 Å². The van der Waals surface area contributed by atoms with Gasteiger partial charge in [-0.1, -0.05) is 11.2 Å². The lowest BCUT2D eigenvalue weighted by molar-refractivity contribution is 0.0693. The van der Waals surface area contributed by atoms with E-state index in [0.29, 0.717) is 0 Å². The molecule has 0 aliphatic heterocycles. The average molecular weight is 264 g/mol. The van der Waals surface area contributed by atoms with E-state index in [-0.39, 0.29) is 17.0 Å². The Kier molecular flexibility index (Phi) is 3.28. The number of hydrogen-bond donors (Lipinski definition) is 2. The second-order valence-corrected chi connectivity index (χ2v) is 3.72. The van der Waals surface area contributed by atoms with Crippen molar-refractivity contribution in [3.8, 4) is 0 Å². The highest BCUT2D eigenvalue weighted by atomic mass is 19.1. The molecule has 0 spiro atoms. The van der Waals surface area contributed by atoms with Gasteiger partial charge in [0, 0.05) is 0 Å². The van der Waals surface area contributed by atoms with Crippen molar-refractivity contribution in [3.05, 3.63) is 47.1 Å². The third kappa shape index (κ3) is 2.44. The maximum Gasteiger partial charge on any atom is 0.340 e. The maximum absolute atomic E-state index is 13.4. The number of aryl methyl sites for hydroxylation is 1. The van der Waals surface area contributed by atoms with Gasteiger partial charge in [-0.15, -0.1) is 0 Å². The lowest BCUT2D eigenvalue weighted by Gasteiger charge is -2.08. The first-order valence-corrected chi connectivity index (χ1v) is 5.25. The summed E-state index contributed by atoms with van der Waals surface area (Å²) >= 11 is 0. The molecule has 0 aliphatic carbocycles. The zero-order valence-electron chi connectivity index (χ0n) is 9.81. The van der Waals surface area contributed by atoms with Gasteiger partial charge in [0.25, 0.3) is 5.91 Å². The summed E-state index contributed by atoms with van der Waals surface area (Å²) in [5.41, 5.74) is -0.566. The molecule has 0 bridgehead atoms. The number of amides is 1. The van der Waals surface area contributed by atoms with Gasteiger partial charge in [-0.25, -0.2) is 9.18 Å². The molecule has 0 aliphatic rings. The van der Waals surface area contributed by atoms with Crippen LogP contribution >= 0.6 is 0 Å². The number of hydrogen-bond acceptors (Lipinski definition) is 4. The normalized spacial score (nSPS) is 10.2. The zero-order valence-corrected chi connectivity index (χ0v) is 9.81. The largest absolute Gasteiger partial charge is 0.478 e. The minimum Gasteiger partial charge on any atom is -0.478 e. The zero-order chi connectivity index (χ0) is 14.0. The van der Waals surface area contributed by atoms with Crippen LogP contribution < -0.4 is 5.32 Å². The second kappa shape index (κ2) is 4.89. The summed E-state index contributed by atoms with van der Waals surface area (Å²) in [5.74, 6) is -2.72.